The smallest absolute Gasteiger partial charge is 0.369 e. The molecule has 31 heavy (non-hydrogen) atoms. The van der Waals surface area contributed by atoms with Crippen molar-refractivity contribution in [2.24, 2.45) is 5.92 Å². The number of benzene rings is 1. The van der Waals surface area contributed by atoms with Crippen LogP contribution in [0.5, 0.6) is 0 Å². The van der Waals surface area contributed by atoms with E-state index in [1.54, 1.807) is 13.0 Å². The van der Waals surface area contributed by atoms with Gasteiger partial charge in [0.2, 0.25) is 0 Å². The SMILES string of the molecule is CC(=O)CCN1CCC(CCN2CCN(c3cccc(C(F)(F)F)c3)CC2)CC1.Cl.Cl. The number of nitrogens with zero attached hydrogens (tertiary/aromatic N) is 3. The maximum absolute atomic E-state index is 12.9. The van der Waals surface area contributed by atoms with Gasteiger partial charge in [-0.15, -0.1) is 24.8 Å². The Bertz CT molecular complexity index is 674. The van der Waals surface area contributed by atoms with Gasteiger partial charge < -0.3 is 9.80 Å². The van der Waals surface area contributed by atoms with Gasteiger partial charge in [-0.05, 0) is 69.9 Å². The summed E-state index contributed by atoms with van der Waals surface area (Å²) in [5, 5.41) is 0. The molecule has 1 aromatic carbocycles. The fourth-order valence-electron chi connectivity index (χ4n) is 4.29. The third-order valence-corrected chi connectivity index (χ3v) is 6.25. The molecule has 0 aliphatic carbocycles. The van der Waals surface area contributed by atoms with Gasteiger partial charge in [0, 0.05) is 44.8 Å². The molecule has 0 N–H and O–H groups in total. The Hall–Kier alpha value is -1.02. The molecule has 0 amide bonds. The van der Waals surface area contributed by atoms with Gasteiger partial charge in [0.15, 0.2) is 0 Å². The van der Waals surface area contributed by atoms with Crippen molar-refractivity contribution in [1.29, 1.82) is 0 Å². The number of piperazine rings is 1. The van der Waals surface area contributed by atoms with E-state index in [4.69, 9.17) is 0 Å². The molecule has 3 rings (SSSR count). The zero-order chi connectivity index (χ0) is 20.9. The lowest BCUT2D eigenvalue weighted by atomic mass is 9.93. The number of carbonyl (C=O) groups is 1. The normalized spacial score (nSPS) is 18.9. The van der Waals surface area contributed by atoms with E-state index in [9.17, 15) is 18.0 Å². The molecule has 2 aliphatic heterocycles. The lowest BCUT2D eigenvalue weighted by Gasteiger charge is -2.37. The number of hydrogen-bond donors (Lipinski definition) is 0. The van der Waals surface area contributed by atoms with Crippen LogP contribution in [0.15, 0.2) is 24.3 Å². The first-order chi connectivity index (χ1) is 13.8. The topological polar surface area (TPSA) is 26.8 Å². The van der Waals surface area contributed by atoms with E-state index in [-0.39, 0.29) is 30.6 Å². The van der Waals surface area contributed by atoms with Crippen molar-refractivity contribution in [3.63, 3.8) is 0 Å². The van der Waals surface area contributed by atoms with Crippen molar-refractivity contribution in [1.82, 2.24) is 9.80 Å². The van der Waals surface area contributed by atoms with Gasteiger partial charge in [0.25, 0.3) is 0 Å². The molecule has 1 aromatic rings. The van der Waals surface area contributed by atoms with Gasteiger partial charge in [-0.25, -0.2) is 0 Å². The van der Waals surface area contributed by atoms with Crippen molar-refractivity contribution in [2.45, 2.75) is 38.8 Å². The summed E-state index contributed by atoms with van der Waals surface area (Å²) >= 11 is 0. The first-order valence-corrected chi connectivity index (χ1v) is 10.7. The van der Waals surface area contributed by atoms with Crippen molar-refractivity contribution in [3.8, 4) is 0 Å². The summed E-state index contributed by atoms with van der Waals surface area (Å²) in [6.07, 6.45) is -0.0609. The molecule has 0 spiro atoms. The highest BCUT2D eigenvalue weighted by Crippen LogP contribution is 2.32. The number of halogens is 5. The number of carbonyl (C=O) groups excluding carboxylic acids is 1. The molecule has 2 saturated heterocycles. The van der Waals surface area contributed by atoms with Crippen LogP contribution in [0.1, 0.15) is 38.2 Å². The Morgan fingerprint density at radius 3 is 2.16 bits per heavy atom. The summed E-state index contributed by atoms with van der Waals surface area (Å²) in [6.45, 7) is 9.10. The van der Waals surface area contributed by atoms with Crippen molar-refractivity contribution in [3.05, 3.63) is 29.8 Å². The Kier molecular flexibility index (Phi) is 11.6. The molecular weight excluding hydrogens is 450 g/mol. The largest absolute Gasteiger partial charge is 0.416 e. The zero-order valence-electron chi connectivity index (χ0n) is 18.1. The summed E-state index contributed by atoms with van der Waals surface area (Å²) < 4.78 is 38.8. The standard InChI is InChI=1S/C22H32F3N3O.2ClH/c1-18(29)5-9-26-10-6-19(7-11-26)8-12-27-13-15-28(16-14-27)21-4-2-3-20(17-21)22(23,24)25;;/h2-4,17,19H,5-16H2,1H3;2*1H. The summed E-state index contributed by atoms with van der Waals surface area (Å²) in [7, 11) is 0. The van der Waals surface area contributed by atoms with E-state index < -0.39 is 11.7 Å². The number of Topliss-reactive ketones (excluding diaryl/α,β-unsaturated/α-hetero) is 1. The van der Waals surface area contributed by atoms with Crippen molar-refractivity contribution in [2.75, 3.05) is 57.3 Å². The van der Waals surface area contributed by atoms with Crippen LogP contribution < -0.4 is 4.90 Å². The molecular formula is C22H34Cl2F3N3O. The van der Waals surface area contributed by atoms with Crippen LogP contribution in [-0.2, 0) is 11.0 Å². The summed E-state index contributed by atoms with van der Waals surface area (Å²) in [5.41, 5.74) is 0.0875. The zero-order valence-corrected chi connectivity index (χ0v) is 19.7. The highest BCUT2D eigenvalue weighted by molar-refractivity contribution is 5.85. The minimum atomic E-state index is -4.29. The number of rotatable bonds is 7. The van der Waals surface area contributed by atoms with Crippen molar-refractivity contribution >= 4 is 36.3 Å². The molecule has 0 radical (unpaired) electrons. The van der Waals surface area contributed by atoms with E-state index in [1.165, 1.54) is 31.4 Å². The Morgan fingerprint density at radius 1 is 0.968 bits per heavy atom. The van der Waals surface area contributed by atoms with Crippen LogP contribution in [0.3, 0.4) is 0 Å². The molecule has 0 bridgehead atoms. The molecule has 2 fully saturated rings. The summed E-state index contributed by atoms with van der Waals surface area (Å²) in [6, 6.07) is 5.65. The monoisotopic (exact) mass is 483 g/mol. The van der Waals surface area contributed by atoms with Crippen LogP contribution in [0.4, 0.5) is 18.9 Å². The molecule has 4 nitrogen and oxygen atoms in total. The van der Waals surface area contributed by atoms with E-state index in [0.29, 0.717) is 12.1 Å². The summed E-state index contributed by atoms with van der Waals surface area (Å²) in [4.78, 5) is 18.0. The Balaban J connectivity index is 0.00000240. The first kappa shape index (κ1) is 28.0. The van der Waals surface area contributed by atoms with E-state index in [1.807, 2.05) is 0 Å². The highest BCUT2D eigenvalue weighted by Gasteiger charge is 2.31. The van der Waals surface area contributed by atoms with Gasteiger partial charge in [-0.3, -0.25) is 9.69 Å². The van der Waals surface area contributed by atoms with Gasteiger partial charge in [-0.2, -0.15) is 13.2 Å². The third kappa shape index (κ3) is 8.79. The molecule has 178 valence electrons. The second kappa shape index (κ2) is 12.9. The van der Waals surface area contributed by atoms with Crippen molar-refractivity contribution < 1.29 is 18.0 Å². The number of hydrogen-bond acceptors (Lipinski definition) is 4. The first-order valence-electron chi connectivity index (χ1n) is 10.7. The maximum Gasteiger partial charge on any atom is 0.416 e. The van der Waals surface area contributed by atoms with E-state index in [0.717, 1.165) is 64.3 Å². The maximum atomic E-state index is 12.9. The van der Waals surface area contributed by atoms with Crippen LogP contribution >= 0.6 is 24.8 Å². The van der Waals surface area contributed by atoms with Gasteiger partial charge >= 0.3 is 6.18 Å². The van der Waals surface area contributed by atoms with Crippen LogP contribution in [0.25, 0.3) is 0 Å². The minimum Gasteiger partial charge on any atom is -0.369 e. The fourth-order valence-corrected chi connectivity index (χ4v) is 4.29. The second-order valence-corrected chi connectivity index (χ2v) is 8.40. The van der Waals surface area contributed by atoms with Crippen LogP contribution in [0, 0.1) is 5.92 Å². The lowest BCUT2D eigenvalue weighted by Crippen LogP contribution is -2.47. The molecule has 0 aromatic heterocycles. The quantitative estimate of drug-likeness (QED) is 0.558. The molecule has 9 heteroatoms. The number of anilines is 1. The van der Waals surface area contributed by atoms with Crippen LogP contribution in [0.2, 0.25) is 0 Å². The molecule has 0 unspecified atom stereocenters. The average Bonchev–Trinajstić information content (AvgIpc) is 2.71. The number of piperidine rings is 1. The Morgan fingerprint density at radius 2 is 1.58 bits per heavy atom. The predicted molar refractivity (Wildman–Crippen MR) is 124 cm³/mol. The minimum absolute atomic E-state index is 0. The number of likely N-dealkylation sites (tertiary alicyclic amines) is 1. The second-order valence-electron chi connectivity index (χ2n) is 8.40. The molecule has 0 atom stereocenters. The number of alkyl halides is 3. The van der Waals surface area contributed by atoms with Gasteiger partial charge in [0.05, 0.1) is 5.56 Å². The van der Waals surface area contributed by atoms with Gasteiger partial charge in [0.1, 0.15) is 5.78 Å². The van der Waals surface area contributed by atoms with Gasteiger partial charge in [-0.1, -0.05) is 6.07 Å². The van der Waals surface area contributed by atoms with Crippen LogP contribution in [-0.4, -0.2) is 67.9 Å². The average molecular weight is 484 g/mol. The number of ketones is 1. The third-order valence-electron chi connectivity index (χ3n) is 6.25. The highest BCUT2D eigenvalue weighted by atomic mass is 35.5. The predicted octanol–water partition coefficient (Wildman–Crippen LogP) is 4.75. The molecule has 0 saturated carbocycles. The molecule has 2 heterocycles. The molecule has 2 aliphatic rings. The summed E-state index contributed by atoms with van der Waals surface area (Å²) in [5.74, 6) is 1.00. The lowest BCUT2D eigenvalue weighted by molar-refractivity contribution is -0.137. The van der Waals surface area contributed by atoms with E-state index >= 15 is 0 Å². The van der Waals surface area contributed by atoms with E-state index in [2.05, 4.69) is 14.7 Å². The fraction of sp³-hybridized carbons (Fsp3) is 0.682. The Labute approximate surface area is 196 Å².